The molecule has 1 aromatic rings. The Hall–Kier alpha value is -1.45. The molecule has 8 heteroatoms. The summed E-state index contributed by atoms with van der Waals surface area (Å²) in [6, 6.07) is 5.31. The second kappa shape index (κ2) is 10.0. The molecule has 170 valence electrons. The minimum atomic E-state index is -1.41. The summed E-state index contributed by atoms with van der Waals surface area (Å²) in [6.07, 6.45) is 1.53. The van der Waals surface area contributed by atoms with Gasteiger partial charge in [-0.25, -0.2) is 0 Å². The third kappa shape index (κ3) is 5.14. The van der Waals surface area contributed by atoms with Crippen molar-refractivity contribution in [2.24, 2.45) is 0 Å². The Morgan fingerprint density at radius 2 is 1.90 bits per heavy atom. The summed E-state index contributed by atoms with van der Waals surface area (Å²) in [5, 5.41) is 40.5. The number of aliphatic hydroxyl groups is 4. The molecule has 0 aromatic heterocycles. The van der Waals surface area contributed by atoms with Crippen LogP contribution >= 0.6 is 11.6 Å². The highest BCUT2D eigenvalue weighted by atomic mass is 35.5. The Balaban J connectivity index is 1.47. The number of hydrogen-bond donors (Lipinski definition) is 4. The van der Waals surface area contributed by atoms with Crippen LogP contribution in [0.4, 0.5) is 0 Å². The van der Waals surface area contributed by atoms with Crippen molar-refractivity contribution in [3.05, 3.63) is 57.8 Å². The van der Waals surface area contributed by atoms with Gasteiger partial charge < -0.3 is 34.6 Å². The van der Waals surface area contributed by atoms with E-state index in [0.29, 0.717) is 23.6 Å². The topological polar surface area (TPSA) is 109 Å². The van der Waals surface area contributed by atoms with Crippen LogP contribution in [0.15, 0.2) is 41.7 Å². The number of aliphatic hydroxyl groups excluding tert-OH is 4. The van der Waals surface area contributed by atoms with Crippen molar-refractivity contribution in [1.29, 1.82) is 0 Å². The van der Waals surface area contributed by atoms with Gasteiger partial charge in [0.1, 0.15) is 36.6 Å². The first-order chi connectivity index (χ1) is 15.0. The van der Waals surface area contributed by atoms with E-state index in [1.807, 2.05) is 12.1 Å². The fourth-order valence-electron chi connectivity index (χ4n) is 4.26. The number of benzene rings is 1. The smallest absolute Gasteiger partial charge is 0.124 e. The van der Waals surface area contributed by atoms with Crippen molar-refractivity contribution in [1.82, 2.24) is 0 Å². The fourth-order valence-corrected chi connectivity index (χ4v) is 4.44. The van der Waals surface area contributed by atoms with E-state index in [2.05, 4.69) is 6.08 Å². The Kier molecular flexibility index (Phi) is 7.33. The maximum absolute atomic E-state index is 10.4. The van der Waals surface area contributed by atoms with Crippen molar-refractivity contribution in [2.45, 2.75) is 62.3 Å². The van der Waals surface area contributed by atoms with Gasteiger partial charge in [0.25, 0.3) is 0 Å². The maximum Gasteiger partial charge on any atom is 0.124 e. The summed E-state index contributed by atoms with van der Waals surface area (Å²) in [6.45, 7) is 0.940. The fraction of sp³-hybridized carbons (Fsp3) is 0.565. The average Bonchev–Trinajstić information content (AvgIpc) is 3.28. The van der Waals surface area contributed by atoms with Gasteiger partial charge in [-0.1, -0.05) is 35.4 Å². The summed E-state index contributed by atoms with van der Waals surface area (Å²) < 4.78 is 17.0. The van der Waals surface area contributed by atoms with Crippen LogP contribution in [0.1, 0.15) is 36.5 Å². The van der Waals surface area contributed by atoms with Gasteiger partial charge in [-0.2, -0.15) is 0 Å². The Morgan fingerprint density at radius 3 is 2.58 bits per heavy atom. The molecule has 0 amide bonds. The standard InChI is InChI=1S/C23H29ClO7/c24-18-6-3-14(23-22(28)21(27)20(26)19(11-25)31-23)10-15(18)9-13-1-4-16(5-2-13)30-17-7-8-29-12-17/h1,3-4,6,10,17,19-23,25-28H,2,5,7-9,11-12H2/t17-,19+,20+,21-,22+,23-/m0/s1. The lowest BCUT2D eigenvalue weighted by Gasteiger charge is -2.40. The van der Waals surface area contributed by atoms with Gasteiger partial charge in [0, 0.05) is 17.9 Å². The predicted octanol–water partition coefficient (Wildman–Crippen LogP) is 1.81. The Morgan fingerprint density at radius 1 is 1.06 bits per heavy atom. The molecule has 4 rings (SSSR count). The molecule has 0 unspecified atom stereocenters. The van der Waals surface area contributed by atoms with Crippen molar-refractivity contribution in [3.63, 3.8) is 0 Å². The van der Waals surface area contributed by atoms with Crippen molar-refractivity contribution in [3.8, 4) is 0 Å². The summed E-state index contributed by atoms with van der Waals surface area (Å²) >= 11 is 6.43. The van der Waals surface area contributed by atoms with E-state index in [9.17, 15) is 20.4 Å². The molecular formula is C23H29ClO7. The number of ether oxygens (including phenoxy) is 3. The second-order valence-electron chi connectivity index (χ2n) is 8.34. The first kappa shape index (κ1) is 22.7. The molecule has 2 aliphatic heterocycles. The van der Waals surface area contributed by atoms with Crippen molar-refractivity contribution < 1.29 is 34.6 Å². The van der Waals surface area contributed by atoms with Crippen LogP contribution in [0, 0.1) is 0 Å². The highest BCUT2D eigenvalue weighted by Crippen LogP contribution is 2.35. The zero-order valence-corrected chi connectivity index (χ0v) is 17.9. The van der Waals surface area contributed by atoms with Gasteiger partial charge >= 0.3 is 0 Å². The molecule has 3 aliphatic rings. The molecule has 1 aromatic carbocycles. The molecule has 2 fully saturated rings. The SMILES string of the molecule is OC[C@H]1O[C@@H](c2ccc(Cl)c(CC3=CC=C(O[C@H]4CCOC4)CC3)c2)[C@H](O)[C@@H](O)[C@@H]1O. The zero-order chi connectivity index (χ0) is 22.0. The van der Waals surface area contributed by atoms with Crippen molar-refractivity contribution in [2.75, 3.05) is 19.8 Å². The van der Waals surface area contributed by atoms with Gasteiger partial charge in [0.05, 0.1) is 25.6 Å². The lowest BCUT2D eigenvalue weighted by atomic mass is 9.89. The summed E-state index contributed by atoms with van der Waals surface area (Å²) in [5.74, 6) is 0.973. The minimum Gasteiger partial charge on any atom is -0.492 e. The lowest BCUT2D eigenvalue weighted by Crippen LogP contribution is -2.55. The van der Waals surface area contributed by atoms with E-state index in [1.54, 1.807) is 12.1 Å². The predicted molar refractivity (Wildman–Crippen MR) is 114 cm³/mol. The molecule has 0 bridgehead atoms. The molecule has 2 heterocycles. The van der Waals surface area contributed by atoms with Gasteiger partial charge in [-0.3, -0.25) is 0 Å². The average molecular weight is 453 g/mol. The summed E-state index contributed by atoms with van der Waals surface area (Å²) in [5.41, 5.74) is 2.72. The lowest BCUT2D eigenvalue weighted by molar-refractivity contribution is -0.231. The van der Waals surface area contributed by atoms with Crippen LogP contribution in [0.3, 0.4) is 0 Å². The third-order valence-corrected chi connectivity index (χ3v) is 6.48. The first-order valence-corrected chi connectivity index (χ1v) is 11.1. The molecule has 6 atom stereocenters. The number of allylic oxidation sites excluding steroid dienone is 4. The van der Waals surface area contributed by atoms with E-state index < -0.39 is 37.1 Å². The van der Waals surface area contributed by atoms with Gasteiger partial charge in [0.2, 0.25) is 0 Å². The summed E-state index contributed by atoms with van der Waals surface area (Å²) in [4.78, 5) is 0. The monoisotopic (exact) mass is 452 g/mol. The van der Waals surface area contributed by atoms with Crippen molar-refractivity contribution >= 4 is 11.6 Å². The summed E-state index contributed by atoms with van der Waals surface area (Å²) in [7, 11) is 0. The van der Waals surface area contributed by atoms with Crippen LogP contribution in [0.2, 0.25) is 5.02 Å². The molecule has 0 saturated carbocycles. The Bertz CT molecular complexity index is 831. The van der Waals surface area contributed by atoms with Gasteiger partial charge in [-0.05, 0) is 36.1 Å². The highest BCUT2D eigenvalue weighted by Gasteiger charge is 2.44. The minimum absolute atomic E-state index is 0.144. The second-order valence-corrected chi connectivity index (χ2v) is 8.75. The molecule has 7 nitrogen and oxygen atoms in total. The van der Waals surface area contributed by atoms with Gasteiger partial charge in [0.15, 0.2) is 0 Å². The van der Waals surface area contributed by atoms with E-state index in [-0.39, 0.29) is 6.10 Å². The number of halogens is 1. The number of hydrogen-bond acceptors (Lipinski definition) is 7. The molecule has 31 heavy (non-hydrogen) atoms. The third-order valence-electron chi connectivity index (χ3n) is 6.11. The Labute approximate surface area is 186 Å². The molecule has 0 spiro atoms. The van der Waals surface area contributed by atoms with E-state index in [4.69, 9.17) is 25.8 Å². The largest absolute Gasteiger partial charge is 0.492 e. The molecular weight excluding hydrogens is 424 g/mol. The molecule has 4 N–H and O–H groups in total. The molecule has 0 radical (unpaired) electrons. The highest BCUT2D eigenvalue weighted by molar-refractivity contribution is 6.31. The van der Waals surface area contributed by atoms with Gasteiger partial charge in [-0.15, -0.1) is 0 Å². The van der Waals surface area contributed by atoms with Crippen LogP contribution < -0.4 is 0 Å². The van der Waals surface area contributed by atoms with Crippen LogP contribution in [0.25, 0.3) is 0 Å². The zero-order valence-electron chi connectivity index (χ0n) is 17.2. The first-order valence-electron chi connectivity index (χ1n) is 10.7. The quantitative estimate of drug-likeness (QED) is 0.521. The van der Waals surface area contributed by atoms with Crippen LogP contribution in [0.5, 0.6) is 0 Å². The normalized spacial score (nSPS) is 33.7. The van der Waals surface area contributed by atoms with E-state index >= 15 is 0 Å². The molecule has 1 aliphatic carbocycles. The van der Waals surface area contributed by atoms with Crippen LogP contribution in [-0.4, -0.2) is 70.8 Å². The maximum atomic E-state index is 10.4. The van der Waals surface area contributed by atoms with E-state index in [1.165, 1.54) is 5.57 Å². The van der Waals surface area contributed by atoms with E-state index in [0.717, 1.165) is 37.2 Å². The van der Waals surface area contributed by atoms with Crippen LogP contribution in [-0.2, 0) is 20.6 Å². The number of rotatable bonds is 6. The molecule has 2 saturated heterocycles.